The second-order valence-electron chi connectivity index (χ2n) is 5.39. The Morgan fingerprint density at radius 3 is 2.79 bits per heavy atom. The van der Waals surface area contributed by atoms with Crippen LogP contribution in [-0.2, 0) is 0 Å². The highest BCUT2D eigenvalue weighted by Gasteiger charge is 2.15. The van der Waals surface area contributed by atoms with E-state index in [9.17, 15) is 9.50 Å². The Labute approximate surface area is 114 Å². The number of nitrogens with one attached hydrogen (secondary N) is 1. The number of aliphatic hydroxyl groups is 1. The third-order valence-corrected chi connectivity index (χ3v) is 3.62. The van der Waals surface area contributed by atoms with Gasteiger partial charge in [-0.05, 0) is 50.6 Å². The number of halogens is 1. The Balaban J connectivity index is 1.74. The molecule has 106 valence electrons. The molecule has 2 rings (SSSR count). The minimum absolute atomic E-state index is 0.304. The fourth-order valence-electron chi connectivity index (χ4n) is 2.56. The predicted octanol–water partition coefficient (Wildman–Crippen LogP) is 1.93. The van der Waals surface area contributed by atoms with Crippen molar-refractivity contribution in [3.63, 3.8) is 0 Å². The smallest absolute Gasteiger partial charge is 0.123 e. The van der Waals surface area contributed by atoms with Crippen molar-refractivity contribution < 1.29 is 9.50 Å². The zero-order valence-corrected chi connectivity index (χ0v) is 11.5. The maximum absolute atomic E-state index is 13.1. The monoisotopic (exact) mass is 266 g/mol. The molecule has 2 N–H and O–H groups in total. The summed E-state index contributed by atoms with van der Waals surface area (Å²) in [6.07, 6.45) is 1.92. The van der Waals surface area contributed by atoms with Crippen molar-refractivity contribution in [2.24, 2.45) is 0 Å². The van der Waals surface area contributed by atoms with Crippen LogP contribution in [0.5, 0.6) is 0 Å². The molecule has 0 aromatic heterocycles. The van der Waals surface area contributed by atoms with Crippen LogP contribution in [0.25, 0.3) is 0 Å². The lowest BCUT2D eigenvalue weighted by atomic mass is 10.1. The normalized spacial score (nSPS) is 19.5. The zero-order chi connectivity index (χ0) is 13.7. The second kappa shape index (κ2) is 6.98. The summed E-state index contributed by atoms with van der Waals surface area (Å²) >= 11 is 0. The average molecular weight is 266 g/mol. The summed E-state index contributed by atoms with van der Waals surface area (Å²) in [6, 6.07) is 6.49. The highest BCUT2D eigenvalue weighted by atomic mass is 19.1. The Hall–Kier alpha value is -0.970. The lowest BCUT2D eigenvalue weighted by Crippen LogP contribution is -2.39. The van der Waals surface area contributed by atoms with Crippen molar-refractivity contribution >= 4 is 0 Å². The minimum atomic E-state index is -0.656. The Kier molecular flexibility index (Phi) is 5.31. The minimum Gasteiger partial charge on any atom is -0.387 e. The van der Waals surface area contributed by atoms with Gasteiger partial charge in [0.2, 0.25) is 0 Å². The van der Waals surface area contributed by atoms with Crippen molar-refractivity contribution in [2.75, 3.05) is 26.2 Å². The first-order valence-corrected chi connectivity index (χ1v) is 7.04. The van der Waals surface area contributed by atoms with Crippen LogP contribution in [0.1, 0.15) is 31.4 Å². The number of hydrogen-bond donors (Lipinski definition) is 2. The average Bonchev–Trinajstić information content (AvgIpc) is 2.88. The molecule has 0 radical (unpaired) electrons. The maximum Gasteiger partial charge on any atom is 0.123 e. The first-order valence-electron chi connectivity index (χ1n) is 7.04. The molecule has 0 aliphatic carbocycles. The lowest BCUT2D eigenvalue weighted by molar-refractivity contribution is 0.166. The van der Waals surface area contributed by atoms with Crippen LogP contribution in [0.15, 0.2) is 24.3 Å². The molecule has 2 atom stereocenters. The number of rotatable bonds is 6. The van der Waals surface area contributed by atoms with Gasteiger partial charge in [-0.15, -0.1) is 0 Å². The highest BCUT2D eigenvalue weighted by molar-refractivity contribution is 5.18. The lowest BCUT2D eigenvalue weighted by Gasteiger charge is -2.22. The van der Waals surface area contributed by atoms with Gasteiger partial charge in [0, 0.05) is 19.1 Å². The van der Waals surface area contributed by atoms with Gasteiger partial charge in [0.25, 0.3) is 0 Å². The summed E-state index contributed by atoms with van der Waals surface area (Å²) in [5.74, 6) is -0.304. The number of benzene rings is 1. The van der Waals surface area contributed by atoms with E-state index < -0.39 is 6.10 Å². The summed E-state index contributed by atoms with van der Waals surface area (Å²) < 4.78 is 13.1. The number of likely N-dealkylation sites (tertiary alicyclic amines) is 1. The summed E-state index contributed by atoms with van der Waals surface area (Å²) in [6.45, 7) is 5.95. The van der Waals surface area contributed by atoms with E-state index in [4.69, 9.17) is 0 Å². The largest absolute Gasteiger partial charge is 0.387 e. The number of hydrogen-bond acceptors (Lipinski definition) is 3. The van der Waals surface area contributed by atoms with Crippen LogP contribution in [0.4, 0.5) is 4.39 Å². The van der Waals surface area contributed by atoms with Crippen LogP contribution in [0.3, 0.4) is 0 Å². The third-order valence-electron chi connectivity index (χ3n) is 3.62. The van der Waals surface area contributed by atoms with Crippen molar-refractivity contribution in [1.82, 2.24) is 10.2 Å². The molecular formula is C15H23FN2O. The van der Waals surface area contributed by atoms with Gasteiger partial charge in [0.05, 0.1) is 6.10 Å². The molecule has 1 aliphatic heterocycles. The van der Waals surface area contributed by atoms with Crippen LogP contribution >= 0.6 is 0 Å². The molecule has 1 aromatic carbocycles. The third kappa shape index (κ3) is 4.56. The van der Waals surface area contributed by atoms with Gasteiger partial charge in [-0.25, -0.2) is 4.39 Å². The molecule has 4 heteroatoms. The molecule has 0 spiro atoms. The number of nitrogens with zero attached hydrogens (tertiary/aromatic N) is 1. The van der Waals surface area contributed by atoms with E-state index in [1.165, 1.54) is 38.1 Å². The fraction of sp³-hybridized carbons (Fsp3) is 0.600. The summed E-state index contributed by atoms with van der Waals surface area (Å²) in [5.41, 5.74) is 0.626. The van der Waals surface area contributed by atoms with Gasteiger partial charge < -0.3 is 15.3 Å². The zero-order valence-electron chi connectivity index (χ0n) is 11.5. The van der Waals surface area contributed by atoms with Crippen LogP contribution < -0.4 is 5.32 Å². The molecule has 1 aliphatic rings. The molecule has 0 amide bonds. The van der Waals surface area contributed by atoms with Crippen LogP contribution in [0, 0.1) is 5.82 Å². The van der Waals surface area contributed by atoms with E-state index >= 15 is 0 Å². The van der Waals surface area contributed by atoms with Gasteiger partial charge in [0.1, 0.15) is 5.82 Å². The van der Waals surface area contributed by atoms with Gasteiger partial charge in [-0.2, -0.15) is 0 Å². The summed E-state index contributed by atoms with van der Waals surface area (Å²) in [4.78, 5) is 2.44. The SMILES string of the molecule is CC(CN1CCCC1)NCC(O)c1cccc(F)c1. The van der Waals surface area contributed by atoms with E-state index in [0.29, 0.717) is 18.2 Å². The van der Waals surface area contributed by atoms with Gasteiger partial charge in [-0.1, -0.05) is 12.1 Å². The van der Waals surface area contributed by atoms with E-state index in [-0.39, 0.29) is 5.82 Å². The molecular weight excluding hydrogens is 243 g/mol. The standard InChI is InChI=1S/C15H23FN2O/c1-12(11-18-7-2-3-8-18)17-10-15(19)13-5-4-6-14(16)9-13/h4-6,9,12,15,17,19H,2-3,7-8,10-11H2,1H3. The molecule has 3 nitrogen and oxygen atoms in total. The molecule has 1 fully saturated rings. The quantitative estimate of drug-likeness (QED) is 0.826. The summed E-state index contributed by atoms with van der Waals surface area (Å²) in [5, 5.41) is 13.3. The van der Waals surface area contributed by atoms with E-state index in [0.717, 1.165) is 6.54 Å². The molecule has 0 saturated carbocycles. The van der Waals surface area contributed by atoms with Crippen molar-refractivity contribution in [1.29, 1.82) is 0 Å². The molecule has 1 heterocycles. The second-order valence-corrected chi connectivity index (χ2v) is 5.39. The van der Waals surface area contributed by atoms with Crippen molar-refractivity contribution in [3.05, 3.63) is 35.6 Å². The molecule has 19 heavy (non-hydrogen) atoms. The molecule has 2 unspecified atom stereocenters. The van der Waals surface area contributed by atoms with Gasteiger partial charge in [0.15, 0.2) is 0 Å². The highest BCUT2D eigenvalue weighted by Crippen LogP contribution is 2.13. The van der Waals surface area contributed by atoms with E-state index in [2.05, 4.69) is 17.1 Å². The Morgan fingerprint density at radius 2 is 2.11 bits per heavy atom. The first-order chi connectivity index (χ1) is 9.15. The summed E-state index contributed by atoms with van der Waals surface area (Å²) in [7, 11) is 0. The maximum atomic E-state index is 13.1. The van der Waals surface area contributed by atoms with Crippen molar-refractivity contribution in [2.45, 2.75) is 31.9 Å². The van der Waals surface area contributed by atoms with Gasteiger partial charge >= 0.3 is 0 Å². The van der Waals surface area contributed by atoms with Crippen molar-refractivity contribution in [3.8, 4) is 0 Å². The van der Waals surface area contributed by atoms with Crippen LogP contribution in [-0.4, -0.2) is 42.2 Å². The molecule has 1 saturated heterocycles. The van der Waals surface area contributed by atoms with Gasteiger partial charge in [-0.3, -0.25) is 0 Å². The van der Waals surface area contributed by atoms with E-state index in [1.54, 1.807) is 12.1 Å². The number of aliphatic hydroxyl groups excluding tert-OH is 1. The topological polar surface area (TPSA) is 35.5 Å². The predicted molar refractivity (Wildman–Crippen MR) is 74.5 cm³/mol. The van der Waals surface area contributed by atoms with Crippen LogP contribution in [0.2, 0.25) is 0 Å². The molecule has 0 bridgehead atoms. The van der Waals surface area contributed by atoms with E-state index in [1.807, 2.05) is 0 Å². The Bertz CT molecular complexity index is 393. The Morgan fingerprint density at radius 1 is 1.37 bits per heavy atom. The molecule has 1 aromatic rings. The fourth-order valence-corrected chi connectivity index (χ4v) is 2.56. The first kappa shape index (κ1) is 14.4.